The lowest BCUT2D eigenvalue weighted by Crippen LogP contribution is -2.56. The summed E-state index contributed by atoms with van der Waals surface area (Å²) in [5.41, 5.74) is 3.44. The summed E-state index contributed by atoms with van der Waals surface area (Å²) in [6.45, 7) is 5.01. The molecule has 0 aliphatic carbocycles. The zero-order valence-electron chi connectivity index (χ0n) is 11.1. The fraction of sp³-hybridized carbons (Fsp3) is 0.462. The molecule has 1 aromatic carbocycles. The predicted octanol–water partition coefficient (Wildman–Crippen LogP) is -0.113. The van der Waals surface area contributed by atoms with Crippen molar-refractivity contribution in [3.8, 4) is 0 Å². The third kappa shape index (κ3) is 2.35. The van der Waals surface area contributed by atoms with E-state index in [1.807, 2.05) is 19.9 Å². The summed E-state index contributed by atoms with van der Waals surface area (Å²) >= 11 is 0. The van der Waals surface area contributed by atoms with E-state index in [1.54, 1.807) is 29.2 Å². The van der Waals surface area contributed by atoms with Crippen LogP contribution in [0.4, 0.5) is 5.69 Å². The van der Waals surface area contributed by atoms with Gasteiger partial charge in [0.2, 0.25) is 0 Å². The monoisotopic (exact) mass is 265 g/mol. The van der Waals surface area contributed by atoms with Gasteiger partial charge in [-0.15, -0.1) is 0 Å². The Morgan fingerprint density at radius 2 is 1.84 bits per heavy atom. The van der Waals surface area contributed by atoms with Gasteiger partial charge in [-0.25, -0.2) is 10.4 Å². The van der Waals surface area contributed by atoms with E-state index < -0.39 is 17.9 Å². The minimum absolute atomic E-state index is 0.578. The van der Waals surface area contributed by atoms with E-state index in [9.17, 15) is 15.0 Å². The van der Waals surface area contributed by atoms with Crippen LogP contribution in [0.15, 0.2) is 30.3 Å². The quantitative estimate of drug-likeness (QED) is 0.662. The maximum absolute atomic E-state index is 12.1. The first-order valence-corrected chi connectivity index (χ1v) is 6.37. The number of amides is 1. The zero-order valence-corrected chi connectivity index (χ0v) is 11.1. The van der Waals surface area contributed by atoms with Crippen LogP contribution in [0.5, 0.6) is 0 Å². The van der Waals surface area contributed by atoms with Gasteiger partial charge in [-0.2, -0.15) is 0 Å². The summed E-state index contributed by atoms with van der Waals surface area (Å²) in [5, 5.41) is 21.3. The van der Waals surface area contributed by atoms with Crippen LogP contribution in [0, 0.1) is 0 Å². The molecule has 1 heterocycles. The topological polar surface area (TPSA) is 76.0 Å². The molecule has 0 saturated carbocycles. The molecule has 6 heteroatoms. The van der Waals surface area contributed by atoms with Crippen molar-refractivity contribution in [2.24, 2.45) is 0 Å². The standard InChI is InChI=1S/C13H19N3O3/c1-3-15(4-2)11-13(18,19)12(17)16(14-11)10-8-6-5-7-9-10/h5-9,11,14,18-19H,3-4H2,1-2H3. The summed E-state index contributed by atoms with van der Waals surface area (Å²) in [4.78, 5) is 13.9. The van der Waals surface area contributed by atoms with Crippen LogP contribution in [0.2, 0.25) is 0 Å². The first kappa shape index (κ1) is 14.0. The van der Waals surface area contributed by atoms with E-state index in [2.05, 4.69) is 5.43 Å². The van der Waals surface area contributed by atoms with Crippen LogP contribution in [0.1, 0.15) is 13.8 Å². The van der Waals surface area contributed by atoms with Gasteiger partial charge < -0.3 is 10.2 Å². The molecule has 0 radical (unpaired) electrons. The van der Waals surface area contributed by atoms with Crippen LogP contribution < -0.4 is 10.4 Å². The number of carbonyl (C=O) groups excluding carboxylic acids is 1. The molecular weight excluding hydrogens is 246 g/mol. The predicted molar refractivity (Wildman–Crippen MR) is 70.9 cm³/mol. The molecule has 1 aromatic rings. The highest BCUT2D eigenvalue weighted by Crippen LogP contribution is 2.26. The van der Waals surface area contributed by atoms with Crippen LogP contribution >= 0.6 is 0 Å². The number of hydrogen-bond acceptors (Lipinski definition) is 5. The van der Waals surface area contributed by atoms with E-state index in [0.717, 1.165) is 0 Å². The zero-order chi connectivity index (χ0) is 14.0. The molecule has 6 nitrogen and oxygen atoms in total. The Labute approximate surface area is 112 Å². The SMILES string of the molecule is CCN(CC)C1NN(c2ccccc2)C(=O)C1(O)O. The molecule has 1 aliphatic heterocycles. The van der Waals surface area contributed by atoms with Gasteiger partial charge in [-0.05, 0) is 25.2 Å². The fourth-order valence-electron chi connectivity index (χ4n) is 2.25. The van der Waals surface area contributed by atoms with Gasteiger partial charge in [-0.3, -0.25) is 9.69 Å². The number of rotatable bonds is 4. The summed E-state index contributed by atoms with van der Waals surface area (Å²) in [6.07, 6.45) is -0.852. The minimum Gasteiger partial charge on any atom is -0.356 e. The van der Waals surface area contributed by atoms with Crippen LogP contribution in [-0.4, -0.2) is 46.1 Å². The van der Waals surface area contributed by atoms with Gasteiger partial charge in [0.25, 0.3) is 5.79 Å². The fourth-order valence-corrected chi connectivity index (χ4v) is 2.25. The minimum atomic E-state index is -2.43. The Balaban J connectivity index is 2.30. The van der Waals surface area contributed by atoms with Crippen LogP contribution in [-0.2, 0) is 4.79 Å². The molecule has 1 saturated heterocycles. The number of hydrogen-bond donors (Lipinski definition) is 3. The number of likely N-dealkylation sites (N-methyl/N-ethyl adjacent to an activating group) is 1. The molecule has 1 aliphatic rings. The van der Waals surface area contributed by atoms with E-state index in [4.69, 9.17) is 0 Å². The van der Waals surface area contributed by atoms with Gasteiger partial charge in [0.1, 0.15) is 6.17 Å². The molecule has 0 aromatic heterocycles. The maximum atomic E-state index is 12.1. The Hall–Kier alpha value is -1.47. The van der Waals surface area contributed by atoms with E-state index in [1.165, 1.54) is 5.01 Å². The van der Waals surface area contributed by atoms with Crippen molar-refractivity contribution in [1.29, 1.82) is 0 Å². The molecule has 1 fully saturated rings. The lowest BCUT2D eigenvalue weighted by molar-refractivity contribution is -0.196. The van der Waals surface area contributed by atoms with Gasteiger partial charge >= 0.3 is 5.91 Å². The van der Waals surface area contributed by atoms with Crippen LogP contribution in [0.3, 0.4) is 0 Å². The first-order chi connectivity index (χ1) is 9.02. The number of para-hydroxylation sites is 1. The molecular formula is C13H19N3O3. The molecule has 0 spiro atoms. The highest BCUT2D eigenvalue weighted by molar-refractivity contribution is 6.00. The molecule has 1 atom stereocenters. The Morgan fingerprint density at radius 1 is 1.26 bits per heavy atom. The second kappa shape index (κ2) is 5.26. The third-order valence-corrected chi connectivity index (χ3v) is 3.34. The molecule has 19 heavy (non-hydrogen) atoms. The van der Waals surface area contributed by atoms with Crippen molar-refractivity contribution in [2.75, 3.05) is 18.1 Å². The van der Waals surface area contributed by atoms with E-state index in [0.29, 0.717) is 18.8 Å². The molecule has 104 valence electrons. The lowest BCUT2D eigenvalue weighted by Gasteiger charge is -2.30. The lowest BCUT2D eigenvalue weighted by atomic mass is 10.2. The van der Waals surface area contributed by atoms with E-state index in [-0.39, 0.29) is 0 Å². The number of benzene rings is 1. The van der Waals surface area contributed by atoms with Crippen LogP contribution in [0.25, 0.3) is 0 Å². The summed E-state index contributed by atoms with van der Waals surface area (Å²) in [7, 11) is 0. The highest BCUT2D eigenvalue weighted by Gasteiger charge is 2.54. The molecule has 1 unspecified atom stereocenters. The largest absolute Gasteiger partial charge is 0.356 e. The van der Waals surface area contributed by atoms with Gasteiger partial charge in [0, 0.05) is 0 Å². The molecule has 2 rings (SSSR count). The number of carbonyl (C=O) groups is 1. The Morgan fingerprint density at radius 3 is 2.37 bits per heavy atom. The molecule has 1 amide bonds. The smallest absolute Gasteiger partial charge is 0.304 e. The Kier molecular flexibility index (Phi) is 3.86. The van der Waals surface area contributed by atoms with Gasteiger partial charge in [-0.1, -0.05) is 32.0 Å². The number of aliphatic hydroxyl groups is 2. The third-order valence-electron chi connectivity index (χ3n) is 3.34. The van der Waals surface area contributed by atoms with Crippen molar-refractivity contribution >= 4 is 11.6 Å². The molecule has 3 N–H and O–H groups in total. The van der Waals surface area contributed by atoms with Crippen molar-refractivity contribution in [1.82, 2.24) is 10.3 Å². The summed E-state index contributed by atoms with van der Waals surface area (Å²) in [6, 6.07) is 8.85. The Bertz CT molecular complexity index is 446. The number of nitrogens with zero attached hydrogens (tertiary/aromatic N) is 2. The average molecular weight is 265 g/mol. The number of anilines is 1. The second-order valence-electron chi connectivity index (χ2n) is 4.46. The van der Waals surface area contributed by atoms with Crippen molar-refractivity contribution in [3.63, 3.8) is 0 Å². The van der Waals surface area contributed by atoms with Gasteiger partial charge in [0.15, 0.2) is 0 Å². The van der Waals surface area contributed by atoms with Crippen molar-refractivity contribution < 1.29 is 15.0 Å². The van der Waals surface area contributed by atoms with Crippen molar-refractivity contribution in [2.45, 2.75) is 25.8 Å². The van der Waals surface area contributed by atoms with Gasteiger partial charge in [0.05, 0.1) is 5.69 Å². The first-order valence-electron chi connectivity index (χ1n) is 6.37. The summed E-state index contributed by atoms with van der Waals surface area (Å²) < 4.78 is 0. The normalized spacial score (nSPS) is 22.3. The number of nitrogens with one attached hydrogen (secondary N) is 1. The highest BCUT2D eigenvalue weighted by atomic mass is 16.5. The van der Waals surface area contributed by atoms with Crippen molar-refractivity contribution in [3.05, 3.63) is 30.3 Å². The average Bonchev–Trinajstić information content (AvgIpc) is 2.65. The number of hydrazine groups is 1. The maximum Gasteiger partial charge on any atom is 0.304 e. The van der Waals surface area contributed by atoms with E-state index >= 15 is 0 Å². The molecule has 0 bridgehead atoms. The summed E-state index contributed by atoms with van der Waals surface area (Å²) in [5.74, 6) is -3.20. The second-order valence-corrected chi connectivity index (χ2v) is 4.46.